The van der Waals surface area contributed by atoms with Gasteiger partial charge in [0.15, 0.2) is 5.11 Å². The number of rotatable bonds is 5. The van der Waals surface area contributed by atoms with Crippen LogP contribution in [0.2, 0.25) is 0 Å². The van der Waals surface area contributed by atoms with E-state index in [4.69, 9.17) is 16.6 Å². The minimum atomic E-state index is -0.200. The molecule has 0 saturated carbocycles. The molecule has 0 atom stereocenters. The normalized spacial score (nSPS) is 11.1. The summed E-state index contributed by atoms with van der Waals surface area (Å²) in [5.74, 6) is 1.31. The van der Waals surface area contributed by atoms with Crippen molar-refractivity contribution < 1.29 is 4.42 Å². The minimum absolute atomic E-state index is 0.200. The monoisotopic (exact) mass is 509 g/mol. The Morgan fingerprint density at radius 2 is 1.81 bits per heavy atom. The minimum Gasteiger partial charge on any atom is -0.455 e. The van der Waals surface area contributed by atoms with Gasteiger partial charge >= 0.3 is 0 Å². The van der Waals surface area contributed by atoms with Gasteiger partial charge in [0.2, 0.25) is 0 Å². The zero-order valence-electron chi connectivity index (χ0n) is 17.4. The largest absolute Gasteiger partial charge is 0.455 e. The van der Waals surface area contributed by atoms with Crippen molar-refractivity contribution in [3.8, 4) is 17.0 Å². The van der Waals surface area contributed by atoms with Gasteiger partial charge in [-0.25, -0.2) is 4.68 Å². The molecule has 9 heteroatoms. The number of thiocarbonyl (C=S) groups is 1. The van der Waals surface area contributed by atoms with Crippen molar-refractivity contribution in [1.29, 1.82) is 0 Å². The van der Waals surface area contributed by atoms with Crippen molar-refractivity contribution in [1.82, 2.24) is 14.8 Å². The molecular weight excluding hydrogens is 490 g/mol. The number of furan rings is 1. The summed E-state index contributed by atoms with van der Waals surface area (Å²) in [7, 11) is 1.82. The third kappa shape index (κ3) is 4.58. The molecule has 2 aromatic heterocycles. The van der Waals surface area contributed by atoms with Gasteiger partial charge < -0.3 is 9.73 Å². The molecule has 32 heavy (non-hydrogen) atoms. The van der Waals surface area contributed by atoms with Crippen LogP contribution >= 0.6 is 28.1 Å². The first-order valence-corrected chi connectivity index (χ1v) is 10.9. The number of nitrogens with zero attached hydrogens (tertiary/aromatic N) is 3. The van der Waals surface area contributed by atoms with Gasteiger partial charge in [0.25, 0.3) is 5.56 Å². The first kappa shape index (κ1) is 21.8. The van der Waals surface area contributed by atoms with Crippen LogP contribution < -0.4 is 16.3 Å². The maximum Gasteiger partial charge on any atom is 0.295 e. The lowest BCUT2D eigenvalue weighted by Gasteiger charge is -2.07. The molecule has 4 aromatic rings. The molecule has 0 aliphatic rings. The molecule has 0 radical (unpaired) electrons. The van der Waals surface area contributed by atoms with E-state index in [1.807, 2.05) is 80.7 Å². The zero-order valence-corrected chi connectivity index (χ0v) is 19.8. The second-order valence-electron chi connectivity index (χ2n) is 6.97. The Bertz CT molecular complexity index is 1340. The average molecular weight is 510 g/mol. The molecule has 0 saturated heterocycles. The van der Waals surface area contributed by atoms with E-state index in [0.717, 1.165) is 27.2 Å². The Labute approximate surface area is 198 Å². The van der Waals surface area contributed by atoms with E-state index in [-0.39, 0.29) is 10.7 Å². The maximum absolute atomic E-state index is 12.9. The second kappa shape index (κ2) is 9.37. The average Bonchev–Trinajstić information content (AvgIpc) is 3.34. The number of hydrogen-bond acceptors (Lipinski definition) is 4. The summed E-state index contributed by atoms with van der Waals surface area (Å²) < 4.78 is 10.2. The highest BCUT2D eigenvalue weighted by Crippen LogP contribution is 2.23. The molecule has 2 aromatic carbocycles. The highest BCUT2D eigenvalue weighted by molar-refractivity contribution is 9.10. The predicted octanol–water partition coefficient (Wildman–Crippen LogP) is 4.83. The van der Waals surface area contributed by atoms with Crippen LogP contribution in [0.15, 0.2) is 85.5 Å². The summed E-state index contributed by atoms with van der Waals surface area (Å²) in [6, 6.07) is 20.9. The number of aromatic nitrogens is 2. The Kier molecular flexibility index (Phi) is 6.38. The van der Waals surface area contributed by atoms with Gasteiger partial charge in [-0.15, -0.1) is 0 Å². The van der Waals surface area contributed by atoms with Crippen molar-refractivity contribution >= 4 is 45.2 Å². The maximum atomic E-state index is 12.9. The summed E-state index contributed by atoms with van der Waals surface area (Å²) in [5.41, 5.74) is 5.40. The smallest absolute Gasteiger partial charge is 0.295 e. The molecule has 0 fully saturated rings. The fourth-order valence-electron chi connectivity index (χ4n) is 3.20. The molecule has 0 aliphatic heterocycles. The van der Waals surface area contributed by atoms with Gasteiger partial charge in [0, 0.05) is 17.1 Å². The van der Waals surface area contributed by atoms with Crippen LogP contribution in [0.1, 0.15) is 11.5 Å². The highest BCUT2D eigenvalue weighted by atomic mass is 79.9. The summed E-state index contributed by atoms with van der Waals surface area (Å²) in [4.78, 5) is 12.9. The van der Waals surface area contributed by atoms with E-state index >= 15 is 0 Å². The van der Waals surface area contributed by atoms with Crippen molar-refractivity contribution in [3.63, 3.8) is 0 Å². The fraction of sp³-hybridized carbons (Fsp3) is 0.0870. The molecule has 0 amide bonds. The molecule has 162 valence electrons. The van der Waals surface area contributed by atoms with E-state index in [1.54, 1.807) is 9.36 Å². The van der Waals surface area contributed by atoms with Crippen molar-refractivity contribution in [2.24, 2.45) is 12.1 Å². The van der Waals surface area contributed by atoms with Gasteiger partial charge in [-0.3, -0.25) is 14.9 Å². The van der Waals surface area contributed by atoms with Crippen molar-refractivity contribution in [2.75, 3.05) is 5.32 Å². The summed E-state index contributed by atoms with van der Waals surface area (Å²) in [6.07, 6.45) is 1.52. The second-order valence-corrected chi connectivity index (χ2v) is 8.29. The SMILES string of the molecule is Cc1c(NC(=S)N/N=C\c2ccc(-c3ccc(Br)cc3)o2)c(=O)n(-c2ccccc2)n1C. The standard InChI is InChI=1S/C23H20BrN5O2S/c1-15-21(22(30)29(28(15)2)18-6-4-3-5-7-18)26-23(32)27-25-14-19-12-13-20(31-19)16-8-10-17(24)11-9-16/h3-14H,1-2H3,(H2,26,27,32)/b25-14-. The zero-order chi connectivity index (χ0) is 22.7. The first-order valence-electron chi connectivity index (χ1n) is 9.74. The Morgan fingerprint density at radius 1 is 1.09 bits per heavy atom. The molecular formula is C23H20BrN5O2S. The molecule has 4 rings (SSSR count). The number of benzene rings is 2. The van der Waals surface area contributed by atoms with E-state index in [9.17, 15) is 4.79 Å². The topological polar surface area (TPSA) is 76.5 Å². The van der Waals surface area contributed by atoms with Crippen LogP contribution in [0.3, 0.4) is 0 Å². The van der Waals surface area contributed by atoms with E-state index < -0.39 is 0 Å². The van der Waals surface area contributed by atoms with Crippen LogP contribution in [0.5, 0.6) is 0 Å². The van der Waals surface area contributed by atoms with Crippen LogP contribution in [-0.4, -0.2) is 20.7 Å². The number of hydrogen-bond donors (Lipinski definition) is 2. The molecule has 2 N–H and O–H groups in total. The molecule has 0 aliphatic carbocycles. The van der Waals surface area contributed by atoms with Gasteiger partial charge in [0.1, 0.15) is 17.2 Å². The number of nitrogens with one attached hydrogen (secondary N) is 2. The molecule has 2 heterocycles. The van der Waals surface area contributed by atoms with Crippen LogP contribution in [0.25, 0.3) is 17.0 Å². The van der Waals surface area contributed by atoms with Gasteiger partial charge in [0.05, 0.1) is 17.6 Å². The third-order valence-corrected chi connectivity index (χ3v) is 5.63. The molecule has 0 unspecified atom stereocenters. The number of halogens is 1. The quantitative estimate of drug-likeness (QED) is 0.229. The number of hydrazone groups is 1. The van der Waals surface area contributed by atoms with Crippen LogP contribution in [0, 0.1) is 6.92 Å². The third-order valence-electron chi connectivity index (χ3n) is 4.91. The number of anilines is 1. The summed E-state index contributed by atoms with van der Waals surface area (Å²) in [5, 5.41) is 7.26. The number of para-hydroxylation sites is 1. The van der Waals surface area contributed by atoms with Gasteiger partial charge in [-0.2, -0.15) is 5.10 Å². The fourth-order valence-corrected chi connectivity index (χ4v) is 3.62. The summed E-state index contributed by atoms with van der Waals surface area (Å²) >= 11 is 8.73. The van der Waals surface area contributed by atoms with E-state index in [2.05, 4.69) is 31.8 Å². The lowest BCUT2D eigenvalue weighted by molar-refractivity contribution is 0.574. The van der Waals surface area contributed by atoms with E-state index in [1.165, 1.54) is 6.21 Å². The molecule has 7 nitrogen and oxygen atoms in total. The van der Waals surface area contributed by atoms with Crippen LogP contribution in [0.4, 0.5) is 5.69 Å². The highest BCUT2D eigenvalue weighted by Gasteiger charge is 2.16. The lowest BCUT2D eigenvalue weighted by atomic mass is 10.2. The Morgan fingerprint density at radius 3 is 2.53 bits per heavy atom. The van der Waals surface area contributed by atoms with Crippen LogP contribution in [-0.2, 0) is 7.05 Å². The summed E-state index contributed by atoms with van der Waals surface area (Å²) in [6.45, 7) is 1.85. The van der Waals surface area contributed by atoms with Crippen molar-refractivity contribution in [3.05, 3.63) is 93.0 Å². The molecule has 0 bridgehead atoms. The first-order chi connectivity index (χ1) is 15.4. The van der Waals surface area contributed by atoms with E-state index in [0.29, 0.717) is 11.4 Å². The predicted molar refractivity (Wildman–Crippen MR) is 135 cm³/mol. The Balaban J connectivity index is 1.43. The Hall–Kier alpha value is -3.43. The molecule has 0 spiro atoms. The van der Waals surface area contributed by atoms with Gasteiger partial charge in [-0.1, -0.05) is 46.3 Å². The van der Waals surface area contributed by atoms with Gasteiger partial charge in [-0.05, 0) is 55.5 Å². The lowest BCUT2D eigenvalue weighted by Crippen LogP contribution is -2.28. The van der Waals surface area contributed by atoms with Crippen molar-refractivity contribution in [2.45, 2.75) is 6.92 Å².